The van der Waals surface area contributed by atoms with Gasteiger partial charge in [0.25, 0.3) is 5.91 Å². The molecule has 128 valence electrons. The Morgan fingerprint density at radius 3 is 3.04 bits per heavy atom. The predicted octanol–water partition coefficient (Wildman–Crippen LogP) is 1.23. The van der Waals surface area contributed by atoms with Crippen LogP contribution < -0.4 is 10.6 Å². The standard InChI is InChI=1S/C18H20N6O/c25-18(17-14-6-7-19-10-15(14)22-23-17)21-11-16-20-8-9-24(16)12-13-4-2-1-3-5-13/h1-5,8-9,19H,6-7,10-12H2,(H,21,25)(H,22,23). The molecule has 0 spiro atoms. The highest BCUT2D eigenvalue weighted by Crippen LogP contribution is 2.15. The van der Waals surface area contributed by atoms with E-state index >= 15 is 0 Å². The third-order valence-corrected chi connectivity index (χ3v) is 4.43. The first-order chi connectivity index (χ1) is 12.3. The fourth-order valence-electron chi connectivity index (χ4n) is 3.11. The molecule has 0 saturated heterocycles. The summed E-state index contributed by atoms with van der Waals surface area (Å²) < 4.78 is 2.04. The summed E-state index contributed by atoms with van der Waals surface area (Å²) in [7, 11) is 0. The monoisotopic (exact) mass is 336 g/mol. The number of nitrogens with one attached hydrogen (secondary N) is 3. The molecule has 2 aromatic heterocycles. The smallest absolute Gasteiger partial charge is 0.272 e. The molecular formula is C18H20N6O. The van der Waals surface area contributed by atoms with E-state index in [1.165, 1.54) is 5.56 Å². The largest absolute Gasteiger partial charge is 0.343 e. The van der Waals surface area contributed by atoms with Crippen LogP contribution in [0.2, 0.25) is 0 Å². The molecule has 4 rings (SSSR count). The Labute approximate surface area is 145 Å². The van der Waals surface area contributed by atoms with Gasteiger partial charge in [0.2, 0.25) is 0 Å². The van der Waals surface area contributed by atoms with Gasteiger partial charge in [-0.2, -0.15) is 5.10 Å². The number of hydrogen-bond donors (Lipinski definition) is 3. The summed E-state index contributed by atoms with van der Waals surface area (Å²) >= 11 is 0. The van der Waals surface area contributed by atoms with Crippen molar-refractivity contribution in [1.82, 2.24) is 30.4 Å². The van der Waals surface area contributed by atoms with Gasteiger partial charge in [0.15, 0.2) is 5.69 Å². The van der Waals surface area contributed by atoms with Crippen molar-refractivity contribution in [3.05, 3.63) is 71.1 Å². The van der Waals surface area contributed by atoms with Crippen molar-refractivity contribution < 1.29 is 4.79 Å². The van der Waals surface area contributed by atoms with E-state index in [1.807, 2.05) is 29.0 Å². The Morgan fingerprint density at radius 1 is 1.28 bits per heavy atom. The van der Waals surface area contributed by atoms with E-state index in [2.05, 4.69) is 37.9 Å². The topological polar surface area (TPSA) is 87.6 Å². The number of imidazole rings is 1. The van der Waals surface area contributed by atoms with E-state index in [-0.39, 0.29) is 5.91 Å². The summed E-state index contributed by atoms with van der Waals surface area (Å²) in [5.74, 6) is 0.664. The fraction of sp³-hybridized carbons (Fsp3) is 0.278. The number of benzene rings is 1. The van der Waals surface area contributed by atoms with Crippen molar-refractivity contribution in [3.8, 4) is 0 Å². The highest BCUT2D eigenvalue weighted by Gasteiger charge is 2.21. The molecule has 0 fully saturated rings. The van der Waals surface area contributed by atoms with Crippen molar-refractivity contribution in [1.29, 1.82) is 0 Å². The Bertz CT molecular complexity index is 867. The lowest BCUT2D eigenvalue weighted by Crippen LogP contribution is -2.28. The van der Waals surface area contributed by atoms with Crippen LogP contribution in [0.1, 0.15) is 33.1 Å². The number of aromatic amines is 1. The molecule has 0 atom stereocenters. The molecule has 3 N–H and O–H groups in total. The molecule has 0 radical (unpaired) electrons. The van der Waals surface area contributed by atoms with Crippen LogP contribution in [0.3, 0.4) is 0 Å². The summed E-state index contributed by atoms with van der Waals surface area (Å²) in [5.41, 5.74) is 3.71. The molecule has 0 unspecified atom stereocenters. The Morgan fingerprint density at radius 2 is 2.16 bits per heavy atom. The van der Waals surface area contributed by atoms with Gasteiger partial charge < -0.3 is 15.2 Å². The Kier molecular flexibility index (Phi) is 4.30. The van der Waals surface area contributed by atoms with Gasteiger partial charge in [0.1, 0.15) is 5.82 Å². The first-order valence-corrected chi connectivity index (χ1v) is 8.40. The number of aromatic nitrogens is 4. The molecule has 7 heteroatoms. The van der Waals surface area contributed by atoms with Gasteiger partial charge in [0.05, 0.1) is 12.2 Å². The van der Waals surface area contributed by atoms with Crippen LogP contribution in [0.4, 0.5) is 0 Å². The molecule has 3 aromatic rings. The second-order valence-corrected chi connectivity index (χ2v) is 6.10. The van der Waals surface area contributed by atoms with Crippen LogP contribution in [0, 0.1) is 0 Å². The second kappa shape index (κ2) is 6.90. The highest BCUT2D eigenvalue weighted by atomic mass is 16.1. The number of carbonyl (C=O) groups is 1. The van der Waals surface area contributed by atoms with Crippen LogP contribution in [-0.4, -0.2) is 32.2 Å². The average Bonchev–Trinajstić information content (AvgIpc) is 3.27. The molecule has 3 heterocycles. The first-order valence-electron chi connectivity index (χ1n) is 8.40. The molecule has 1 aromatic carbocycles. The molecule has 0 aliphatic carbocycles. The van der Waals surface area contributed by atoms with Crippen molar-refractivity contribution in [2.75, 3.05) is 6.54 Å². The van der Waals surface area contributed by atoms with E-state index < -0.39 is 0 Å². The SMILES string of the molecule is O=C(NCc1nccn1Cc1ccccc1)c1n[nH]c2c1CCNC2. The van der Waals surface area contributed by atoms with Gasteiger partial charge in [-0.05, 0) is 18.5 Å². The normalized spacial score (nSPS) is 13.4. The minimum Gasteiger partial charge on any atom is -0.343 e. The summed E-state index contributed by atoms with van der Waals surface area (Å²) in [4.78, 5) is 16.9. The van der Waals surface area contributed by atoms with Crippen molar-refractivity contribution in [2.24, 2.45) is 0 Å². The van der Waals surface area contributed by atoms with Gasteiger partial charge in [-0.3, -0.25) is 9.89 Å². The van der Waals surface area contributed by atoms with Crippen LogP contribution >= 0.6 is 0 Å². The Balaban J connectivity index is 1.43. The zero-order chi connectivity index (χ0) is 17.1. The molecule has 1 aliphatic heterocycles. The summed E-state index contributed by atoms with van der Waals surface area (Å²) in [6.45, 7) is 2.71. The maximum absolute atomic E-state index is 12.5. The molecule has 0 saturated carbocycles. The number of nitrogens with zero attached hydrogens (tertiary/aromatic N) is 3. The van der Waals surface area contributed by atoms with Crippen LogP contribution in [0.5, 0.6) is 0 Å². The molecule has 1 aliphatic rings. The van der Waals surface area contributed by atoms with Crippen molar-refractivity contribution in [2.45, 2.75) is 26.1 Å². The van der Waals surface area contributed by atoms with Gasteiger partial charge >= 0.3 is 0 Å². The minimum absolute atomic E-state index is 0.159. The molecular weight excluding hydrogens is 316 g/mol. The van der Waals surface area contributed by atoms with Crippen LogP contribution in [-0.2, 0) is 26.1 Å². The van der Waals surface area contributed by atoms with Gasteiger partial charge in [-0.1, -0.05) is 30.3 Å². The van der Waals surface area contributed by atoms with Gasteiger partial charge in [-0.15, -0.1) is 0 Å². The minimum atomic E-state index is -0.159. The number of amides is 1. The van der Waals surface area contributed by atoms with Gasteiger partial charge in [-0.25, -0.2) is 4.98 Å². The zero-order valence-corrected chi connectivity index (χ0v) is 13.8. The number of fused-ring (bicyclic) bond motifs is 1. The highest BCUT2D eigenvalue weighted by molar-refractivity contribution is 5.93. The first kappa shape index (κ1) is 15.6. The predicted molar refractivity (Wildman–Crippen MR) is 92.9 cm³/mol. The summed E-state index contributed by atoms with van der Waals surface area (Å²) in [6.07, 6.45) is 4.50. The number of hydrogen-bond acceptors (Lipinski definition) is 4. The molecule has 25 heavy (non-hydrogen) atoms. The summed E-state index contributed by atoms with van der Waals surface area (Å²) in [6, 6.07) is 10.2. The maximum Gasteiger partial charge on any atom is 0.272 e. The summed E-state index contributed by atoms with van der Waals surface area (Å²) in [5, 5.41) is 13.3. The lowest BCUT2D eigenvalue weighted by atomic mass is 10.1. The van der Waals surface area contributed by atoms with E-state index in [4.69, 9.17) is 0 Å². The van der Waals surface area contributed by atoms with E-state index in [0.29, 0.717) is 12.2 Å². The average molecular weight is 336 g/mol. The lowest BCUT2D eigenvalue weighted by Gasteiger charge is -2.13. The molecule has 7 nitrogen and oxygen atoms in total. The number of H-pyrrole nitrogens is 1. The van der Waals surface area contributed by atoms with Crippen LogP contribution in [0.25, 0.3) is 0 Å². The van der Waals surface area contributed by atoms with E-state index in [9.17, 15) is 4.79 Å². The van der Waals surface area contributed by atoms with Crippen molar-refractivity contribution in [3.63, 3.8) is 0 Å². The number of carbonyl (C=O) groups excluding carboxylic acids is 1. The third-order valence-electron chi connectivity index (χ3n) is 4.43. The maximum atomic E-state index is 12.5. The fourth-order valence-corrected chi connectivity index (χ4v) is 3.11. The quantitative estimate of drug-likeness (QED) is 0.654. The number of rotatable bonds is 5. The molecule has 0 bridgehead atoms. The molecule has 1 amide bonds. The van der Waals surface area contributed by atoms with Gasteiger partial charge in [0, 0.05) is 31.0 Å². The van der Waals surface area contributed by atoms with E-state index in [1.54, 1.807) is 6.20 Å². The van der Waals surface area contributed by atoms with Crippen LogP contribution in [0.15, 0.2) is 42.7 Å². The van der Waals surface area contributed by atoms with Crippen molar-refractivity contribution >= 4 is 5.91 Å². The third kappa shape index (κ3) is 3.32. The lowest BCUT2D eigenvalue weighted by molar-refractivity contribution is 0.0943. The van der Waals surface area contributed by atoms with E-state index in [0.717, 1.165) is 43.1 Å². The zero-order valence-electron chi connectivity index (χ0n) is 13.8. The second-order valence-electron chi connectivity index (χ2n) is 6.10. The Hall–Kier alpha value is -2.93.